The number of nitriles is 1. The van der Waals surface area contributed by atoms with Gasteiger partial charge >= 0.3 is 0 Å². The highest BCUT2D eigenvalue weighted by Crippen LogP contribution is 2.29. The first-order chi connectivity index (χ1) is 8.17. The standard InChI is InChI=1S/C12H21N3S2/c1-3-15(4-2)11(16)17-14-12(10-13)8-6-5-7-9-12/h14H,3-9H2,1-2H3. The summed E-state index contributed by atoms with van der Waals surface area (Å²) in [6.07, 6.45) is 5.41. The monoisotopic (exact) mass is 271 g/mol. The summed E-state index contributed by atoms with van der Waals surface area (Å²) in [5, 5.41) is 9.32. The second-order valence-corrected chi connectivity index (χ2v) is 5.84. The van der Waals surface area contributed by atoms with Crippen LogP contribution >= 0.6 is 24.2 Å². The van der Waals surface area contributed by atoms with E-state index in [0.29, 0.717) is 0 Å². The van der Waals surface area contributed by atoms with Crippen LogP contribution in [0.25, 0.3) is 0 Å². The minimum absolute atomic E-state index is 0.361. The van der Waals surface area contributed by atoms with Crippen molar-refractivity contribution in [2.45, 2.75) is 51.5 Å². The van der Waals surface area contributed by atoms with Gasteiger partial charge in [-0.1, -0.05) is 31.5 Å². The lowest BCUT2D eigenvalue weighted by Crippen LogP contribution is -2.43. The highest BCUT2D eigenvalue weighted by Gasteiger charge is 2.32. The first-order valence-electron chi connectivity index (χ1n) is 6.31. The Labute approximate surface area is 114 Å². The molecule has 0 atom stereocenters. The van der Waals surface area contributed by atoms with E-state index in [0.717, 1.165) is 43.1 Å². The summed E-state index contributed by atoms with van der Waals surface area (Å²) < 4.78 is 4.15. The van der Waals surface area contributed by atoms with Crippen molar-refractivity contribution in [1.82, 2.24) is 9.62 Å². The van der Waals surface area contributed by atoms with E-state index in [1.54, 1.807) is 0 Å². The minimum atomic E-state index is -0.361. The zero-order valence-corrected chi connectivity index (χ0v) is 12.3. The third kappa shape index (κ3) is 4.13. The fourth-order valence-corrected chi connectivity index (χ4v) is 3.38. The molecular weight excluding hydrogens is 250 g/mol. The van der Waals surface area contributed by atoms with E-state index >= 15 is 0 Å². The molecule has 17 heavy (non-hydrogen) atoms. The van der Waals surface area contributed by atoms with Crippen molar-refractivity contribution in [2.24, 2.45) is 0 Å². The lowest BCUT2D eigenvalue weighted by Gasteiger charge is -2.32. The van der Waals surface area contributed by atoms with Gasteiger partial charge in [-0.05, 0) is 38.6 Å². The maximum absolute atomic E-state index is 9.32. The van der Waals surface area contributed by atoms with Crippen LogP contribution in [0.5, 0.6) is 0 Å². The minimum Gasteiger partial charge on any atom is -0.357 e. The van der Waals surface area contributed by atoms with Crippen LogP contribution in [0.2, 0.25) is 0 Å². The molecule has 0 aromatic carbocycles. The molecule has 5 heteroatoms. The number of rotatable bonds is 4. The maximum Gasteiger partial charge on any atom is 0.151 e. The Balaban J connectivity index is 2.47. The van der Waals surface area contributed by atoms with Gasteiger partial charge in [0.25, 0.3) is 0 Å². The fourth-order valence-electron chi connectivity index (χ4n) is 2.08. The molecule has 1 rings (SSSR count). The van der Waals surface area contributed by atoms with Crippen molar-refractivity contribution < 1.29 is 0 Å². The molecule has 0 spiro atoms. The van der Waals surface area contributed by atoms with E-state index in [9.17, 15) is 5.26 Å². The van der Waals surface area contributed by atoms with Gasteiger partial charge in [0.15, 0.2) is 4.32 Å². The Morgan fingerprint density at radius 1 is 1.35 bits per heavy atom. The van der Waals surface area contributed by atoms with E-state index in [1.807, 2.05) is 0 Å². The highest BCUT2D eigenvalue weighted by molar-refractivity contribution is 8.21. The summed E-state index contributed by atoms with van der Waals surface area (Å²) in [5.41, 5.74) is -0.361. The molecule has 0 amide bonds. The molecule has 1 saturated carbocycles. The Bertz CT molecular complexity index is 289. The van der Waals surface area contributed by atoms with Crippen LogP contribution in [0, 0.1) is 11.3 Å². The normalized spacial score (nSPS) is 18.4. The lowest BCUT2D eigenvalue weighted by molar-refractivity contribution is 0.347. The summed E-state index contributed by atoms with van der Waals surface area (Å²) in [6, 6.07) is 2.44. The molecule has 0 heterocycles. The molecule has 0 radical (unpaired) electrons. The summed E-state index contributed by atoms with van der Waals surface area (Å²) in [6.45, 7) is 6.03. The first-order valence-corrected chi connectivity index (χ1v) is 7.54. The molecule has 0 aliphatic heterocycles. The van der Waals surface area contributed by atoms with Gasteiger partial charge in [0.2, 0.25) is 0 Å². The van der Waals surface area contributed by atoms with Gasteiger partial charge < -0.3 is 4.90 Å². The maximum atomic E-state index is 9.32. The van der Waals surface area contributed by atoms with Gasteiger partial charge in [0, 0.05) is 13.1 Å². The molecule has 0 bridgehead atoms. The first kappa shape index (κ1) is 14.7. The van der Waals surface area contributed by atoms with Gasteiger partial charge in [0.05, 0.1) is 6.07 Å². The molecule has 1 aliphatic carbocycles. The molecule has 1 fully saturated rings. The van der Waals surface area contributed by atoms with Gasteiger partial charge in [-0.2, -0.15) is 5.26 Å². The number of hydrogen-bond acceptors (Lipinski definition) is 4. The molecule has 0 aromatic heterocycles. The fraction of sp³-hybridized carbons (Fsp3) is 0.833. The van der Waals surface area contributed by atoms with Crippen LogP contribution in [-0.4, -0.2) is 27.8 Å². The van der Waals surface area contributed by atoms with Gasteiger partial charge in [-0.3, -0.25) is 0 Å². The van der Waals surface area contributed by atoms with Gasteiger partial charge in [0.1, 0.15) is 5.54 Å². The molecular formula is C12H21N3S2. The average Bonchev–Trinajstić information content (AvgIpc) is 2.39. The average molecular weight is 271 g/mol. The van der Waals surface area contributed by atoms with E-state index in [1.165, 1.54) is 18.4 Å². The van der Waals surface area contributed by atoms with E-state index in [2.05, 4.69) is 29.5 Å². The van der Waals surface area contributed by atoms with Crippen molar-refractivity contribution in [3.8, 4) is 6.07 Å². The van der Waals surface area contributed by atoms with Crippen LogP contribution in [0.1, 0.15) is 46.0 Å². The van der Waals surface area contributed by atoms with E-state index in [-0.39, 0.29) is 5.54 Å². The number of thiocarbonyl (C=S) groups is 1. The summed E-state index contributed by atoms with van der Waals surface area (Å²) in [4.78, 5) is 2.13. The SMILES string of the molecule is CCN(CC)C(=S)SNC1(C#N)CCCCC1. The number of nitrogens with one attached hydrogen (secondary N) is 1. The van der Waals surface area contributed by atoms with Crippen LogP contribution in [0.4, 0.5) is 0 Å². The second kappa shape index (κ2) is 7.20. The van der Waals surface area contributed by atoms with E-state index in [4.69, 9.17) is 12.2 Å². The van der Waals surface area contributed by atoms with Crippen molar-refractivity contribution in [3.05, 3.63) is 0 Å². The summed E-state index contributed by atoms with van der Waals surface area (Å²) in [7, 11) is 0. The van der Waals surface area contributed by atoms with Crippen molar-refractivity contribution >= 4 is 28.5 Å². The smallest absolute Gasteiger partial charge is 0.151 e. The van der Waals surface area contributed by atoms with Crippen molar-refractivity contribution in [1.29, 1.82) is 5.26 Å². The highest BCUT2D eigenvalue weighted by atomic mass is 32.2. The van der Waals surface area contributed by atoms with E-state index < -0.39 is 0 Å². The van der Waals surface area contributed by atoms with Crippen molar-refractivity contribution in [3.63, 3.8) is 0 Å². The molecule has 0 saturated heterocycles. The van der Waals surface area contributed by atoms with Gasteiger partial charge in [-0.15, -0.1) is 0 Å². The third-order valence-corrected chi connectivity index (χ3v) is 4.71. The predicted octanol–water partition coefficient (Wildman–Crippen LogP) is 3.08. The zero-order chi connectivity index (χ0) is 12.7. The zero-order valence-electron chi connectivity index (χ0n) is 10.7. The van der Waals surface area contributed by atoms with Gasteiger partial charge in [-0.25, -0.2) is 4.72 Å². The Hall–Kier alpha value is -0.310. The van der Waals surface area contributed by atoms with Crippen molar-refractivity contribution in [2.75, 3.05) is 13.1 Å². The quantitative estimate of drug-likeness (QED) is 0.628. The molecule has 0 aromatic rings. The molecule has 1 N–H and O–H groups in total. The molecule has 0 unspecified atom stereocenters. The Morgan fingerprint density at radius 2 is 1.94 bits per heavy atom. The third-order valence-electron chi connectivity index (χ3n) is 3.28. The number of hydrogen-bond donors (Lipinski definition) is 1. The lowest BCUT2D eigenvalue weighted by atomic mass is 9.84. The predicted molar refractivity (Wildman–Crippen MR) is 77.7 cm³/mol. The second-order valence-electron chi connectivity index (χ2n) is 4.40. The molecule has 96 valence electrons. The molecule has 1 aliphatic rings. The summed E-state index contributed by atoms with van der Waals surface area (Å²) in [5.74, 6) is 0. The molecule has 3 nitrogen and oxygen atoms in total. The topological polar surface area (TPSA) is 39.1 Å². The Kier molecular flexibility index (Phi) is 6.24. The van der Waals surface area contributed by atoms with Crippen LogP contribution < -0.4 is 4.72 Å². The number of nitrogens with zero attached hydrogens (tertiary/aromatic N) is 2. The Morgan fingerprint density at radius 3 is 2.41 bits per heavy atom. The largest absolute Gasteiger partial charge is 0.357 e. The van der Waals surface area contributed by atoms with Crippen LogP contribution in [0.3, 0.4) is 0 Å². The van der Waals surface area contributed by atoms with Crippen LogP contribution in [0.15, 0.2) is 0 Å². The van der Waals surface area contributed by atoms with Crippen LogP contribution in [-0.2, 0) is 0 Å². The summed E-state index contributed by atoms with van der Waals surface area (Å²) >= 11 is 6.81.